The van der Waals surface area contributed by atoms with Crippen LogP contribution in [0, 0.1) is 10.1 Å². The number of benzene rings is 1. The fraction of sp³-hybridized carbons (Fsp3) is 0.417. The smallest absolute Gasteiger partial charge is 0.269 e. The predicted molar refractivity (Wildman–Crippen MR) is 65.4 cm³/mol. The fourth-order valence-corrected chi connectivity index (χ4v) is 2.78. The van der Waals surface area contributed by atoms with E-state index in [0.717, 1.165) is 18.7 Å². The van der Waals surface area contributed by atoms with Gasteiger partial charge in [0.1, 0.15) is 6.04 Å². The van der Waals surface area contributed by atoms with Crippen molar-refractivity contribution in [3.05, 3.63) is 34.4 Å². The number of piperazine rings is 1. The van der Waals surface area contributed by atoms with Gasteiger partial charge in [-0.1, -0.05) is 0 Å². The van der Waals surface area contributed by atoms with Gasteiger partial charge in [0.05, 0.1) is 4.92 Å². The number of carbonyl (C=O) groups is 1. The molecule has 2 atom stereocenters. The highest BCUT2D eigenvalue weighted by Gasteiger charge is 2.49. The van der Waals surface area contributed by atoms with E-state index in [4.69, 9.17) is 0 Å². The summed E-state index contributed by atoms with van der Waals surface area (Å²) in [7, 11) is 1.81. The number of rotatable bonds is 2. The fourth-order valence-electron chi connectivity index (χ4n) is 2.78. The second-order valence-electron chi connectivity index (χ2n) is 4.80. The molecule has 0 aliphatic carbocycles. The quantitative estimate of drug-likeness (QED) is 0.578. The molecular weight excluding hydrogens is 234 g/mol. The lowest BCUT2D eigenvalue weighted by Gasteiger charge is -2.55. The Hall–Kier alpha value is -2.11. The summed E-state index contributed by atoms with van der Waals surface area (Å²) in [6, 6.07) is 6.66. The molecule has 0 aromatic heterocycles. The van der Waals surface area contributed by atoms with Crippen molar-refractivity contribution in [3.63, 3.8) is 0 Å². The molecule has 4 rings (SSSR count). The number of amides is 1. The molecule has 0 radical (unpaired) electrons. The average molecular weight is 247 g/mol. The van der Waals surface area contributed by atoms with Gasteiger partial charge in [0.25, 0.3) is 5.69 Å². The molecule has 0 saturated carbocycles. The van der Waals surface area contributed by atoms with Crippen molar-refractivity contribution < 1.29 is 9.72 Å². The van der Waals surface area contributed by atoms with Crippen molar-refractivity contribution in [1.82, 2.24) is 4.90 Å². The molecule has 3 aliphatic heterocycles. The number of carbonyl (C=O) groups excluding carboxylic acids is 1. The van der Waals surface area contributed by atoms with Gasteiger partial charge >= 0.3 is 0 Å². The van der Waals surface area contributed by atoms with Crippen molar-refractivity contribution in [2.45, 2.75) is 18.5 Å². The summed E-state index contributed by atoms with van der Waals surface area (Å²) in [6.07, 6.45) is 0.889. The number of piperidine rings is 1. The number of nitro groups is 1. The highest BCUT2D eigenvalue weighted by Crippen LogP contribution is 2.37. The van der Waals surface area contributed by atoms with Crippen LogP contribution >= 0.6 is 0 Å². The van der Waals surface area contributed by atoms with E-state index in [0.29, 0.717) is 6.04 Å². The number of fused-ring (bicyclic) bond motifs is 2. The molecular formula is C12H13N3O3. The van der Waals surface area contributed by atoms with Crippen LogP contribution in [0.4, 0.5) is 11.4 Å². The third-order valence-corrected chi connectivity index (χ3v) is 3.73. The van der Waals surface area contributed by atoms with E-state index >= 15 is 0 Å². The molecule has 1 aromatic carbocycles. The SMILES string of the molecule is CN1CC2CC(C1=O)N2c1ccc([N+](=O)[O-])cc1. The Morgan fingerprint density at radius 3 is 2.56 bits per heavy atom. The highest BCUT2D eigenvalue weighted by atomic mass is 16.6. The van der Waals surface area contributed by atoms with Crippen LogP contribution in [0.3, 0.4) is 0 Å². The zero-order valence-corrected chi connectivity index (χ0v) is 9.94. The van der Waals surface area contributed by atoms with Gasteiger partial charge in [-0.25, -0.2) is 0 Å². The molecule has 2 bridgehead atoms. The molecule has 3 aliphatic rings. The van der Waals surface area contributed by atoms with Crippen molar-refractivity contribution in [2.75, 3.05) is 18.5 Å². The van der Waals surface area contributed by atoms with Crippen LogP contribution in [-0.2, 0) is 4.79 Å². The molecule has 6 nitrogen and oxygen atoms in total. The van der Waals surface area contributed by atoms with E-state index in [1.165, 1.54) is 12.1 Å². The molecule has 2 unspecified atom stereocenters. The number of non-ortho nitro benzene ring substituents is 1. The monoisotopic (exact) mass is 247 g/mol. The number of nitro benzene ring substituents is 1. The summed E-state index contributed by atoms with van der Waals surface area (Å²) in [5.74, 6) is 0.135. The summed E-state index contributed by atoms with van der Waals surface area (Å²) in [6.45, 7) is 0.728. The lowest BCUT2D eigenvalue weighted by molar-refractivity contribution is -0.384. The first kappa shape index (κ1) is 11.0. The maximum atomic E-state index is 11.9. The number of likely N-dealkylation sites (N-methyl/N-ethyl adjacent to an activating group) is 1. The minimum absolute atomic E-state index is 0.0767. The Balaban J connectivity index is 1.84. The van der Waals surface area contributed by atoms with E-state index < -0.39 is 4.92 Å². The lowest BCUT2D eigenvalue weighted by atomic mass is 9.86. The second kappa shape index (κ2) is 3.69. The van der Waals surface area contributed by atoms with E-state index in [-0.39, 0.29) is 17.6 Å². The Morgan fingerprint density at radius 2 is 2.00 bits per heavy atom. The molecule has 1 aromatic rings. The normalized spacial score (nSPS) is 25.9. The maximum absolute atomic E-state index is 11.9. The zero-order valence-electron chi connectivity index (χ0n) is 9.94. The van der Waals surface area contributed by atoms with Crippen LogP contribution in [0.5, 0.6) is 0 Å². The summed E-state index contributed by atoms with van der Waals surface area (Å²) >= 11 is 0. The predicted octanol–water partition coefficient (Wildman–Crippen LogP) is 1.01. The Labute approximate surface area is 104 Å². The Bertz CT molecular complexity index is 514. The third-order valence-electron chi connectivity index (χ3n) is 3.73. The van der Waals surface area contributed by atoms with Gasteiger partial charge in [0.2, 0.25) is 5.91 Å². The van der Waals surface area contributed by atoms with Crippen molar-refractivity contribution in [2.24, 2.45) is 0 Å². The summed E-state index contributed by atoms with van der Waals surface area (Å²) in [4.78, 5) is 25.9. The van der Waals surface area contributed by atoms with Crippen LogP contribution in [0.1, 0.15) is 6.42 Å². The topological polar surface area (TPSA) is 66.7 Å². The Kier molecular flexibility index (Phi) is 2.26. The van der Waals surface area contributed by atoms with E-state index in [2.05, 4.69) is 4.90 Å². The van der Waals surface area contributed by atoms with Gasteiger partial charge in [-0.2, -0.15) is 0 Å². The van der Waals surface area contributed by atoms with Crippen LogP contribution in [0.25, 0.3) is 0 Å². The van der Waals surface area contributed by atoms with Crippen molar-refractivity contribution >= 4 is 17.3 Å². The number of hydrogen-bond acceptors (Lipinski definition) is 4. The number of nitrogens with zero attached hydrogens (tertiary/aromatic N) is 3. The largest absolute Gasteiger partial charge is 0.355 e. The highest BCUT2D eigenvalue weighted by molar-refractivity contribution is 5.89. The van der Waals surface area contributed by atoms with Crippen LogP contribution < -0.4 is 4.90 Å². The minimum Gasteiger partial charge on any atom is -0.355 e. The Morgan fingerprint density at radius 1 is 1.33 bits per heavy atom. The second-order valence-corrected chi connectivity index (χ2v) is 4.80. The molecule has 94 valence electrons. The summed E-state index contributed by atoms with van der Waals surface area (Å²) < 4.78 is 0. The first-order chi connectivity index (χ1) is 8.58. The molecule has 3 fully saturated rings. The molecule has 1 amide bonds. The van der Waals surface area contributed by atoms with Gasteiger partial charge in [0.15, 0.2) is 0 Å². The van der Waals surface area contributed by atoms with Crippen LogP contribution in [-0.4, -0.2) is 41.4 Å². The lowest BCUT2D eigenvalue weighted by Crippen LogP contribution is -2.71. The van der Waals surface area contributed by atoms with Gasteiger partial charge in [-0.05, 0) is 18.6 Å². The van der Waals surface area contributed by atoms with Crippen LogP contribution in [0.2, 0.25) is 0 Å². The summed E-state index contributed by atoms with van der Waals surface area (Å²) in [5.41, 5.74) is 0.969. The minimum atomic E-state index is -0.417. The van der Waals surface area contributed by atoms with Crippen molar-refractivity contribution in [3.8, 4) is 0 Å². The molecule has 0 spiro atoms. The zero-order chi connectivity index (χ0) is 12.9. The molecule has 3 heterocycles. The number of hydrogen-bond donors (Lipinski definition) is 0. The van der Waals surface area contributed by atoms with E-state index in [1.54, 1.807) is 17.0 Å². The van der Waals surface area contributed by atoms with Crippen molar-refractivity contribution in [1.29, 1.82) is 0 Å². The van der Waals surface area contributed by atoms with E-state index in [1.807, 2.05) is 7.05 Å². The standard InChI is InChI=1S/C12H13N3O3/c1-13-7-10-6-11(12(13)16)14(10)8-2-4-9(5-3-8)15(17)18/h2-5,10-11H,6-7H2,1H3. The van der Waals surface area contributed by atoms with Gasteiger partial charge < -0.3 is 9.80 Å². The average Bonchev–Trinajstić information content (AvgIpc) is 2.32. The summed E-state index contributed by atoms with van der Waals surface area (Å²) in [5, 5.41) is 10.6. The third kappa shape index (κ3) is 1.45. The molecule has 3 saturated heterocycles. The maximum Gasteiger partial charge on any atom is 0.269 e. The van der Waals surface area contributed by atoms with Gasteiger partial charge in [-0.3, -0.25) is 14.9 Å². The van der Waals surface area contributed by atoms with Crippen LogP contribution in [0.15, 0.2) is 24.3 Å². The van der Waals surface area contributed by atoms with Gasteiger partial charge in [-0.15, -0.1) is 0 Å². The van der Waals surface area contributed by atoms with E-state index in [9.17, 15) is 14.9 Å². The molecule has 6 heteroatoms. The van der Waals surface area contributed by atoms with Gasteiger partial charge in [0, 0.05) is 37.5 Å². The first-order valence-corrected chi connectivity index (χ1v) is 5.85. The first-order valence-electron chi connectivity index (χ1n) is 5.85. The molecule has 18 heavy (non-hydrogen) atoms. The molecule has 0 N–H and O–H groups in total. The number of anilines is 1.